The first kappa shape index (κ1) is 23.5. The number of amides is 2. The average Bonchev–Trinajstić information content (AvgIpc) is 2.76. The first-order valence-corrected chi connectivity index (χ1v) is 10.7. The van der Waals surface area contributed by atoms with Gasteiger partial charge in [0.2, 0.25) is 0 Å². The van der Waals surface area contributed by atoms with Crippen molar-refractivity contribution < 1.29 is 28.6 Å². The van der Waals surface area contributed by atoms with Crippen LogP contribution in [0.2, 0.25) is 5.02 Å². The van der Waals surface area contributed by atoms with Gasteiger partial charge < -0.3 is 20.5 Å². The van der Waals surface area contributed by atoms with Gasteiger partial charge in [-0.15, -0.1) is 0 Å². The van der Waals surface area contributed by atoms with Crippen LogP contribution in [0.4, 0.5) is 4.39 Å². The summed E-state index contributed by atoms with van der Waals surface area (Å²) in [6.07, 6.45) is 2.55. The van der Waals surface area contributed by atoms with Crippen molar-refractivity contribution in [2.24, 2.45) is 5.92 Å². The fourth-order valence-corrected chi connectivity index (χ4v) is 3.77. The van der Waals surface area contributed by atoms with Gasteiger partial charge in [-0.2, -0.15) is 0 Å². The van der Waals surface area contributed by atoms with E-state index >= 15 is 0 Å². The first-order chi connectivity index (χ1) is 15.3. The lowest BCUT2D eigenvalue weighted by Gasteiger charge is -2.26. The lowest BCUT2D eigenvalue weighted by molar-refractivity contribution is -0.143. The lowest BCUT2D eigenvalue weighted by atomic mass is 9.87. The number of carbonyl (C=O) groups excluding carboxylic acids is 2. The molecule has 1 aliphatic carbocycles. The molecule has 1 aliphatic rings. The Bertz CT molecular complexity index is 955. The number of carbonyl (C=O) groups is 3. The molecule has 2 aromatic rings. The molecule has 0 heterocycles. The van der Waals surface area contributed by atoms with Crippen LogP contribution in [0, 0.1) is 11.7 Å². The summed E-state index contributed by atoms with van der Waals surface area (Å²) in [5.41, 5.74) is 0.545. The van der Waals surface area contributed by atoms with E-state index in [-0.39, 0.29) is 41.6 Å². The van der Waals surface area contributed by atoms with Gasteiger partial charge in [0.15, 0.2) is 0 Å². The first-order valence-electron chi connectivity index (χ1n) is 10.3. The summed E-state index contributed by atoms with van der Waals surface area (Å²) in [5, 5.41) is 14.5. The molecule has 2 aromatic carbocycles. The lowest BCUT2D eigenvalue weighted by Crippen LogP contribution is -2.34. The molecule has 3 rings (SSSR count). The predicted octanol–water partition coefficient (Wildman–Crippen LogP) is 3.66. The second-order valence-corrected chi connectivity index (χ2v) is 8.06. The Morgan fingerprint density at radius 3 is 2.09 bits per heavy atom. The molecule has 0 aliphatic heterocycles. The molecule has 3 N–H and O–H groups in total. The van der Waals surface area contributed by atoms with Crippen LogP contribution in [0.3, 0.4) is 0 Å². The molecule has 2 amide bonds. The molecule has 0 aromatic heterocycles. The number of ether oxygens (including phenoxy) is 1. The number of halogens is 2. The Hall–Kier alpha value is -3.13. The molecule has 0 unspecified atom stereocenters. The maximum absolute atomic E-state index is 13.3. The van der Waals surface area contributed by atoms with Gasteiger partial charge >= 0.3 is 5.97 Å². The summed E-state index contributed by atoms with van der Waals surface area (Å²) in [7, 11) is 0. The predicted molar refractivity (Wildman–Crippen MR) is 117 cm³/mol. The van der Waals surface area contributed by atoms with Crippen molar-refractivity contribution in [3.05, 3.63) is 64.4 Å². The Kier molecular flexibility index (Phi) is 8.05. The van der Waals surface area contributed by atoms with Crippen LogP contribution in [0.25, 0.3) is 0 Å². The monoisotopic (exact) mass is 462 g/mol. The van der Waals surface area contributed by atoms with Crippen LogP contribution < -0.4 is 15.4 Å². The van der Waals surface area contributed by atoms with Crippen molar-refractivity contribution in [2.75, 3.05) is 13.1 Å². The molecule has 32 heavy (non-hydrogen) atoms. The van der Waals surface area contributed by atoms with Gasteiger partial charge in [0.25, 0.3) is 11.8 Å². The van der Waals surface area contributed by atoms with Crippen LogP contribution >= 0.6 is 11.6 Å². The second-order valence-electron chi connectivity index (χ2n) is 7.62. The SMILES string of the molecule is O=C(NCCNC(=O)c1cc(F)cc(Cl)c1)c1ccc(OC2CCC(C(=O)O)CC2)cc1. The van der Waals surface area contributed by atoms with Gasteiger partial charge in [0.05, 0.1) is 12.0 Å². The van der Waals surface area contributed by atoms with Crippen molar-refractivity contribution in [3.8, 4) is 5.75 Å². The van der Waals surface area contributed by atoms with Crippen LogP contribution in [-0.4, -0.2) is 42.1 Å². The maximum Gasteiger partial charge on any atom is 0.306 e. The van der Waals surface area contributed by atoms with Gasteiger partial charge in [0.1, 0.15) is 11.6 Å². The number of benzene rings is 2. The smallest absolute Gasteiger partial charge is 0.306 e. The van der Waals surface area contributed by atoms with Gasteiger partial charge in [-0.1, -0.05) is 11.6 Å². The molecular formula is C23H24ClFN2O5. The molecule has 0 bridgehead atoms. The van der Waals surface area contributed by atoms with Crippen LogP contribution in [0.1, 0.15) is 46.4 Å². The Morgan fingerprint density at radius 1 is 0.938 bits per heavy atom. The van der Waals surface area contributed by atoms with E-state index in [2.05, 4.69) is 10.6 Å². The van der Waals surface area contributed by atoms with E-state index in [4.69, 9.17) is 21.4 Å². The van der Waals surface area contributed by atoms with Crippen molar-refractivity contribution in [2.45, 2.75) is 31.8 Å². The molecule has 0 atom stereocenters. The Balaban J connectivity index is 1.40. The highest BCUT2D eigenvalue weighted by Crippen LogP contribution is 2.28. The van der Waals surface area contributed by atoms with E-state index in [1.807, 2.05) is 0 Å². The number of rotatable bonds is 8. The number of hydrogen-bond donors (Lipinski definition) is 3. The Morgan fingerprint density at radius 2 is 1.53 bits per heavy atom. The zero-order valence-corrected chi connectivity index (χ0v) is 18.0. The quantitative estimate of drug-likeness (QED) is 0.519. The third-order valence-corrected chi connectivity index (χ3v) is 5.48. The molecule has 1 saturated carbocycles. The van der Waals surface area contributed by atoms with E-state index in [0.717, 1.165) is 12.1 Å². The summed E-state index contributed by atoms with van der Waals surface area (Å²) < 4.78 is 19.2. The van der Waals surface area contributed by atoms with E-state index in [1.165, 1.54) is 6.07 Å². The number of nitrogens with one attached hydrogen (secondary N) is 2. The summed E-state index contributed by atoms with van der Waals surface area (Å²) in [6, 6.07) is 10.2. The highest BCUT2D eigenvalue weighted by Gasteiger charge is 2.26. The van der Waals surface area contributed by atoms with Crippen LogP contribution in [-0.2, 0) is 4.79 Å². The second kappa shape index (κ2) is 10.9. The fraction of sp³-hybridized carbons (Fsp3) is 0.348. The summed E-state index contributed by atoms with van der Waals surface area (Å²) in [6.45, 7) is 0.359. The van der Waals surface area contributed by atoms with Crippen molar-refractivity contribution >= 4 is 29.4 Å². The number of carboxylic acid groups (broad SMARTS) is 1. The largest absolute Gasteiger partial charge is 0.490 e. The van der Waals surface area contributed by atoms with E-state index < -0.39 is 17.7 Å². The Labute approximate surface area is 189 Å². The number of aliphatic carboxylic acids is 1. The molecule has 170 valence electrons. The molecule has 0 spiro atoms. The zero-order chi connectivity index (χ0) is 23.1. The van der Waals surface area contributed by atoms with Crippen molar-refractivity contribution in [1.82, 2.24) is 10.6 Å². The van der Waals surface area contributed by atoms with Crippen LogP contribution in [0.15, 0.2) is 42.5 Å². The van der Waals surface area contributed by atoms with E-state index in [0.29, 0.717) is 37.0 Å². The molecular weight excluding hydrogens is 439 g/mol. The van der Waals surface area contributed by atoms with E-state index in [1.54, 1.807) is 24.3 Å². The molecule has 0 radical (unpaired) electrons. The average molecular weight is 463 g/mol. The van der Waals surface area contributed by atoms with Gasteiger partial charge in [0, 0.05) is 29.2 Å². The fourth-order valence-electron chi connectivity index (χ4n) is 3.55. The minimum absolute atomic E-state index is 0.0261. The van der Waals surface area contributed by atoms with Gasteiger partial charge in [-0.05, 0) is 68.1 Å². The summed E-state index contributed by atoms with van der Waals surface area (Å²) in [4.78, 5) is 35.3. The summed E-state index contributed by atoms with van der Waals surface area (Å²) in [5.74, 6) is -1.81. The molecule has 1 fully saturated rings. The maximum atomic E-state index is 13.3. The van der Waals surface area contributed by atoms with Gasteiger partial charge in [-0.25, -0.2) is 4.39 Å². The minimum Gasteiger partial charge on any atom is -0.490 e. The molecule has 0 saturated heterocycles. The highest BCUT2D eigenvalue weighted by molar-refractivity contribution is 6.31. The zero-order valence-electron chi connectivity index (χ0n) is 17.3. The summed E-state index contributed by atoms with van der Waals surface area (Å²) >= 11 is 5.74. The van der Waals surface area contributed by atoms with Gasteiger partial charge in [-0.3, -0.25) is 14.4 Å². The number of hydrogen-bond acceptors (Lipinski definition) is 4. The third kappa shape index (κ3) is 6.68. The van der Waals surface area contributed by atoms with Crippen LogP contribution in [0.5, 0.6) is 5.75 Å². The standard InChI is InChI=1S/C23H24ClFN2O5/c24-17-11-16(12-18(25)13-17)22(29)27-10-9-26-21(28)14-1-5-19(6-2-14)32-20-7-3-15(4-8-20)23(30)31/h1-2,5-6,11-13,15,20H,3-4,7-10H2,(H,26,28)(H,27,29)(H,30,31). The topological polar surface area (TPSA) is 105 Å². The third-order valence-electron chi connectivity index (χ3n) is 5.26. The normalized spacial score (nSPS) is 17.9. The van der Waals surface area contributed by atoms with Crippen molar-refractivity contribution in [3.63, 3.8) is 0 Å². The van der Waals surface area contributed by atoms with E-state index in [9.17, 15) is 18.8 Å². The van der Waals surface area contributed by atoms with Crippen molar-refractivity contribution in [1.29, 1.82) is 0 Å². The molecule has 9 heteroatoms. The number of carboxylic acids is 1. The molecule has 7 nitrogen and oxygen atoms in total. The highest BCUT2D eigenvalue weighted by atomic mass is 35.5. The minimum atomic E-state index is -0.753.